The molecule has 0 aliphatic heterocycles. The maximum atomic E-state index is 14.2. The lowest BCUT2D eigenvalue weighted by atomic mass is 9.46. The summed E-state index contributed by atoms with van der Waals surface area (Å²) in [6.45, 7) is 30.2. The Morgan fingerprint density at radius 2 is 0.963 bits per heavy atom. The van der Waals surface area contributed by atoms with Gasteiger partial charge in [0.25, 0.3) is 0 Å². The molecule has 0 saturated carbocycles. The minimum absolute atomic E-state index is 0.0177. The van der Waals surface area contributed by atoms with Crippen LogP contribution in [0.15, 0.2) is 0 Å². The van der Waals surface area contributed by atoms with E-state index in [-0.39, 0.29) is 55.5 Å². The van der Waals surface area contributed by atoms with Crippen molar-refractivity contribution in [2.75, 3.05) is 52.4 Å². The average Bonchev–Trinajstić information content (AvgIpc) is 3.05. The number of nitrogens with one attached hydrogen (secondary N) is 4. The molecule has 316 valence electrons. The molecule has 0 spiro atoms. The highest BCUT2D eigenvalue weighted by atomic mass is 16.2. The van der Waals surface area contributed by atoms with Crippen molar-refractivity contribution in [2.24, 2.45) is 67.9 Å². The van der Waals surface area contributed by atoms with E-state index in [9.17, 15) is 24.0 Å². The van der Waals surface area contributed by atoms with Gasteiger partial charge in [0.2, 0.25) is 17.7 Å². The van der Waals surface area contributed by atoms with Crippen molar-refractivity contribution in [1.29, 1.82) is 0 Å². The van der Waals surface area contributed by atoms with Crippen LogP contribution in [0.5, 0.6) is 0 Å². The van der Waals surface area contributed by atoms with Crippen LogP contribution in [-0.4, -0.2) is 81.6 Å². The molecule has 0 aromatic rings. The first kappa shape index (κ1) is 51.6. The normalized spacial score (nSPS) is 15.2. The van der Waals surface area contributed by atoms with Crippen LogP contribution < -0.4 is 38.5 Å². The highest BCUT2D eigenvalue weighted by Gasteiger charge is 2.59. The summed E-state index contributed by atoms with van der Waals surface area (Å²) < 4.78 is 0. The Morgan fingerprint density at radius 1 is 0.574 bits per heavy atom. The van der Waals surface area contributed by atoms with Gasteiger partial charge in [-0.15, -0.1) is 0 Å². The lowest BCUT2D eigenvalue weighted by Crippen LogP contribution is -2.59. The summed E-state index contributed by atoms with van der Waals surface area (Å²) in [7, 11) is 0. The Hall–Kier alpha value is -2.41. The molecule has 0 aliphatic rings. The number of ketones is 2. The molecule has 0 bridgehead atoms. The molecular formula is C42H83N7O5. The zero-order valence-corrected chi connectivity index (χ0v) is 36.7. The van der Waals surface area contributed by atoms with Gasteiger partial charge >= 0.3 is 0 Å². The van der Waals surface area contributed by atoms with E-state index in [2.05, 4.69) is 104 Å². The van der Waals surface area contributed by atoms with E-state index in [0.29, 0.717) is 26.2 Å². The van der Waals surface area contributed by atoms with Crippen LogP contribution in [0, 0.1) is 50.7 Å². The molecule has 0 radical (unpaired) electrons. The molecule has 4 unspecified atom stereocenters. The first-order valence-electron chi connectivity index (χ1n) is 20.5. The van der Waals surface area contributed by atoms with Crippen LogP contribution in [0.2, 0.25) is 0 Å². The average molecular weight is 766 g/mol. The quantitative estimate of drug-likeness (QED) is 0.0540. The zero-order valence-electron chi connectivity index (χ0n) is 36.7. The molecule has 10 N–H and O–H groups in total. The number of amides is 3. The second-order valence-electron chi connectivity index (χ2n) is 19.1. The maximum absolute atomic E-state index is 14.2. The molecule has 0 fully saturated rings. The molecule has 0 saturated heterocycles. The molecule has 0 aromatic heterocycles. The number of hydrogen-bond acceptors (Lipinski definition) is 9. The first-order valence-corrected chi connectivity index (χ1v) is 20.5. The third-order valence-electron chi connectivity index (χ3n) is 12.7. The summed E-state index contributed by atoms with van der Waals surface area (Å²) in [6, 6.07) is 0. The maximum Gasteiger partial charge on any atom is 0.224 e. The van der Waals surface area contributed by atoms with E-state index in [1.807, 2.05) is 6.92 Å². The predicted molar refractivity (Wildman–Crippen MR) is 221 cm³/mol. The van der Waals surface area contributed by atoms with Crippen LogP contribution in [-0.2, 0) is 24.0 Å². The SMILES string of the molecule is CCC(C)(C)C(C(=O)NCCCCCNCC(=O)CN)C(C)(C)C(C)(C)C(C(N)=O)C(C)C(C)(C)C(C(=O)NCCCCCNCC(=O)CN)C(C)(C)C. The fraction of sp³-hybridized carbons (Fsp3) is 0.881. The van der Waals surface area contributed by atoms with E-state index in [4.69, 9.17) is 17.2 Å². The van der Waals surface area contributed by atoms with E-state index in [1.54, 1.807) is 0 Å². The molecule has 54 heavy (non-hydrogen) atoms. The van der Waals surface area contributed by atoms with Gasteiger partial charge in [0.05, 0.1) is 26.2 Å². The third-order valence-corrected chi connectivity index (χ3v) is 12.7. The van der Waals surface area contributed by atoms with Crippen LogP contribution in [0.4, 0.5) is 0 Å². The van der Waals surface area contributed by atoms with E-state index >= 15 is 0 Å². The fourth-order valence-electron chi connectivity index (χ4n) is 8.73. The van der Waals surface area contributed by atoms with Gasteiger partial charge in [-0.05, 0) is 71.8 Å². The number of hydrogen-bond donors (Lipinski definition) is 7. The Balaban J connectivity index is 6.12. The Kier molecular flexibility index (Phi) is 21.9. The van der Waals surface area contributed by atoms with Crippen molar-refractivity contribution in [3.05, 3.63) is 0 Å². The van der Waals surface area contributed by atoms with Crippen molar-refractivity contribution < 1.29 is 24.0 Å². The van der Waals surface area contributed by atoms with Crippen LogP contribution in [0.1, 0.15) is 135 Å². The van der Waals surface area contributed by atoms with E-state index in [1.165, 1.54) is 0 Å². The van der Waals surface area contributed by atoms with Gasteiger partial charge in [0, 0.05) is 30.8 Å². The second-order valence-corrected chi connectivity index (χ2v) is 19.1. The summed E-state index contributed by atoms with van der Waals surface area (Å²) in [4.78, 5) is 64.9. The molecule has 0 aliphatic carbocycles. The van der Waals surface area contributed by atoms with Crippen molar-refractivity contribution >= 4 is 29.3 Å². The number of carbonyl (C=O) groups excluding carboxylic acids is 5. The molecule has 12 nitrogen and oxygen atoms in total. The minimum Gasteiger partial charge on any atom is -0.369 e. The molecule has 0 aromatic carbocycles. The van der Waals surface area contributed by atoms with Crippen molar-refractivity contribution in [3.63, 3.8) is 0 Å². The van der Waals surface area contributed by atoms with Crippen LogP contribution >= 0.6 is 0 Å². The largest absolute Gasteiger partial charge is 0.369 e. The lowest BCUT2D eigenvalue weighted by Gasteiger charge is -2.57. The standard InChI is InChI=1S/C42H83N7O5/c1-14-39(6,7)34(37(54)49-24-20-16-18-22-47-28-31(51)26-44)42(12,13)41(10,11)32(35(45)52)29(2)40(8,9)33(38(3,4)5)36(53)48-23-19-15-17-21-46-27-30(50)25-43/h29,32-34,46-47H,14-28,43-44H2,1-13H3,(H2,45,52)(H,48,53)(H,49,54). The van der Waals surface area contributed by atoms with Crippen molar-refractivity contribution in [1.82, 2.24) is 21.3 Å². The highest BCUT2D eigenvalue weighted by molar-refractivity contribution is 5.83. The summed E-state index contributed by atoms with van der Waals surface area (Å²) >= 11 is 0. The molecule has 4 atom stereocenters. The number of Topliss-reactive ketones (excluding diaryl/α,β-unsaturated/α-hetero) is 2. The number of carbonyl (C=O) groups is 5. The van der Waals surface area contributed by atoms with E-state index < -0.39 is 50.7 Å². The smallest absolute Gasteiger partial charge is 0.224 e. The summed E-state index contributed by atoms with van der Waals surface area (Å²) in [6.07, 6.45) is 5.94. The topological polar surface area (TPSA) is 212 Å². The zero-order chi connectivity index (χ0) is 42.1. The van der Waals surface area contributed by atoms with Gasteiger partial charge in [-0.25, -0.2) is 0 Å². The first-order chi connectivity index (χ1) is 24.8. The Morgan fingerprint density at radius 3 is 1.31 bits per heavy atom. The second kappa shape index (κ2) is 23.0. The summed E-state index contributed by atoms with van der Waals surface area (Å²) in [5.41, 5.74) is 14.2. The Bertz CT molecular complexity index is 1190. The van der Waals surface area contributed by atoms with Gasteiger partial charge in [0.15, 0.2) is 11.6 Å². The molecular weight excluding hydrogens is 683 g/mol. The van der Waals surface area contributed by atoms with Crippen molar-refractivity contribution in [3.8, 4) is 0 Å². The number of rotatable bonds is 29. The highest BCUT2D eigenvalue weighted by Crippen LogP contribution is 2.59. The third kappa shape index (κ3) is 15.3. The molecule has 12 heteroatoms. The van der Waals surface area contributed by atoms with E-state index in [0.717, 1.165) is 44.9 Å². The summed E-state index contributed by atoms with van der Waals surface area (Å²) in [5.74, 6) is -2.39. The minimum atomic E-state index is -0.752. The molecule has 0 heterocycles. The monoisotopic (exact) mass is 766 g/mol. The molecule has 0 rings (SSSR count). The number of nitrogens with two attached hydrogens (primary N) is 3. The van der Waals surface area contributed by atoms with Gasteiger partial charge in [-0.3, -0.25) is 24.0 Å². The fourth-order valence-corrected chi connectivity index (χ4v) is 8.73. The van der Waals surface area contributed by atoms with Crippen molar-refractivity contribution in [2.45, 2.75) is 135 Å². The molecule has 3 amide bonds. The van der Waals surface area contributed by atoms with Gasteiger partial charge in [0.1, 0.15) is 0 Å². The number of primary amides is 1. The van der Waals surface area contributed by atoms with Crippen LogP contribution in [0.25, 0.3) is 0 Å². The van der Waals surface area contributed by atoms with Gasteiger partial charge in [-0.2, -0.15) is 0 Å². The predicted octanol–water partition coefficient (Wildman–Crippen LogP) is 4.33. The lowest BCUT2D eigenvalue weighted by molar-refractivity contribution is -0.159. The van der Waals surface area contributed by atoms with Crippen LogP contribution in [0.3, 0.4) is 0 Å². The van der Waals surface area contributed by atoms with Gasteiger partial charge in [-0.1, -0.05) is 109 Å². The Labute approximate surface area is 329 Å². The van der Waals surface area contributed by atoms with Gasteiger partial charge < -0.3 is 38.5 Å². The number of unbranched alkanes of at least 4 members (excludes halogenated alkanes) is 4. The summed E-state index contributed by atoms with van der Waals surface area (Å²) in [5, 5.41) is 12.6.